The first kappa shape index (κ1) is 13.1. The van der Waals surface area contributed by atoms with Crippen molar-refractivity contribution in [1.82, 2.24) is 9.97 Å². The summed E-state index contributed by atoms with van der Waals surface area (Å²) in [6.45, 7) is 0. The summed E-state index contributed by atoms with van der Waals surface area (Å²) in [5.74, 6) is 2.09. The normalized spacial score (nSPS) is 27.9. The van der Waals surface area contributed by atoms with Gasteiger partial charge in [-0.25, -0.2) is 9.97 Å². The van der Waals surface area contributed by atoms with Crippen LogP contribution < -0.4 is 5.32 Å². The number of aliphatic hydroxyl groups is 1. The highest BCUT2D eigenvalue weighted by Gasteiger charge is 2.28. The minimum Gasteiger partial charge on any atom is -0.391 e. The van der Waals surface area contributed by atoms with Crippen molar-refractivity contribution in [2.75, 3.05) is 5.32 Å². The van der Waals surface area contributed by atoms with Crippen molar-refractivity contribution in [3.63, 3.8) is 0 Å². The fourth-order valence-electron chi connectivity index (χ4n) is 2.68. The highest BCUT2D eigenvalue weighted by molar-refractivity contribution is 6.29. The molecule has 0 bridgehead atoms. The van der Waals surface area contributed by atoms with E-state index in [0.717, 1.165) is 50.2 Å². The van der Waals surface area contributed by atoms with Crippen LogP contribution in [0, 0.1) is 0 Å². The van der Waals surface area contributed by atoms with Crippen LogP contribution in [-0.4, -0.2) is 27.2 Å². The third kappa shape index (κ3) is 3.37. The van der Waals surface area contributed by atoms with E-state index < -0.39 is 0 Å². The summed E-state index contributed by atoms with van der Waals surface area (Å²) in [5, 5.41) is 14.0. The van der Waals surface area contributed by atoms with Crippen molar-refractivity contribution in [3.8, 4) is 0 Å². The molecule has 2 atom stereocenters. The summed E-state index contributed by atoms with van der Waals surface area (Å²) < 4.78 is 0. The molecule has 2 N–H and O–H groups in total. The van der Waals surface area contributed by atoms with Gasteiger partial charge in [-0.3, -0.25) is 0 Å². The molecular weight excluding hydrogens is 262 g/mol. The summed E-state index contributed by atoms with van der Waals surface area (Å²) in [7, 11) is 0. The molecule has 0 saturated heterocycles. The molecule has 1 aromatic heterocycles. The minimum atomic E-state index is -0.291. The summed E-state index contributed by atoms with van der Waals surface area (Å²) in [6.07, 6.45) is 7.35. The zero-order valence-corrected chi connectivity index (χ0v) is 11.7. The fraction of sp³-hybridized carbons (Fsp3) is 0.714. The Kier molecular flexibility index (Phi) is 3.89. The van der Waals surface area contributed by atoms with E-state index in [1.54, 1.807) is 6.07 Å². The maximum atomic E-state index is 10.1. The number of nitrogens with one attached hydrogen (secondary N) is 1. The van der Waals surface area contributed by atoms with Gasteiger partial charge in [-0.2, -0.15) is 0 Å². The number of hydrogen-bond donors (Lipinski definition) is 2. The third-order valence-electron chi connectivity index (χ3n) is 3.97. The van der Waals surface area contributed by atoms with E-state index >= 15 is 0 Å². The van der Waals surface area contributed by atoms with Gasteiger partial charge in [0.2, 0.25) is 0 Å². The topological polar surface area (TPSA) is 58.0 Å². The average molecular weight is 282 g/mol. The van der Waals surface area contributed by atoms with Gasteiger partial charge < -0.3 is 10.4 Å². The van der Waals surface area contributed by atoms with E-state index in [4.69, 9.17) is 11.6 Å². The van der Waals surface area contributed by atoms with Crippen LogP contribution in [0.5, 0.6) is 0 Å². The number of aromatic nitrogens is 2. The van der Waals surface area contributed by atoms with Gasteiger partial charge in [-0.15, -0.1) is 0 Å². The molecule has 2 aliphatic rings. The summed E-state index contributed by atoms with van der Waals surface area (Å²) in [5.41, 5.74) is 0. The van der Waals surface area contributed by atoms with Crippen LogP contribution in [0.1, 0.15) is 56.7 Å². The smallest absolute Gasteiger partial charge is 0.135 e. The maximum absolute atomic E-state index is 10.1. The molecule has 1 heterocycles. The lowest BCUT2D eigenvalue weighted by molar-refractivity contribution is 0.144. The molecule has 2 fully saturated rings. The van der Waals surface area contributed by atoms with Gasteiger partial charge in [0, 0.05) is 12.0 Å². The van der Waals surface area contributed by atoms with Gasteiger partial charge in [0.15, 0.2) is 0 Å². The first-order valence-electron chi connectivity index (χ1n) is 7.21. The van der Waals surface area contributed by atoms with Crippen LogP contribution >= 0.6 is 11.6 Å². The predicted molar refractivity (Wildman–Crippen MR) is 75.5 cm³/mol. The second-order valence-corrected chi connectivity index (χ2v) is 6.05. The van der Waals surface area contributed by atoms with Gasteiger partial charge in [0.1, 0.15) is 16.8 Å². The standard InChI is InChI=1S/C14H20ClN3O/c15-12-8-13(18-14(17-12)9-6-7-9)16-10-4-2-1-3-5-11(10)19/h8-11,19H,1-7H2,(H,16,17,18). The van der Waals surface area contributed by atoms with E-state index in [0.29, 0.717) is 11.1 Å². The number of nitrogens with zero attached hydrogens (tertiary/aromatic N) is 2. The second-order valence-electron chi connectivity index (χ2n) is 5.66. The van der Waals surface area contributed by atoms with E-state index in [2.05, 4.69) is 15.3 Å². The molecule has 0 amide bonds. The third-order valence-corrected chi connectivity index (χ3v) is 4.16. The summed E-state index contributed by atoms with van der Waals surface area (Å²) in [4.78, 5) is 8.82. The zero-order valence-electron chi connectivity index (χ0n) is 11.0. The molecule has 0 radical (unpaired) electrons. The lowest BCUT2D eigenvalue weighted by Gasteiger charge is -2.22. The molecule has 0 spiro atoms. The lowest BCUT2D eigenvalue weighted by atomic mass is 10.1. The quantitative estimate of drug-likeness (QED) is 0.660. The lowest BCUT2D eigenvalue weighted by Crippen LogP contribution is -2.32. The Labute approximate surface area is 118 Å². The predicted octanol–water partition coefficient (Wildman–Crippen LogP) is 3.11. The largest absolute Gasteiger partial charge is 0.391 e. The molecule has 2 unspecified atom stereocenters. The monoisotopic (exact) mass is 281 g/mol. The van der Waals surface area contributed by atoms with Crippen LogP contribution in [0.25, 0.3) is 0 Å². The Morgan fingerprint density at radius 1 is 1.11 bits per heavy atom. The number of aliphatic hydroxyl groups excluding tert-OH is 1. The Morgan fingerprint density at radius 3 is 2.68 bits per heavy atom. The van der Waals surface area contributed by atoms with Gasteiger partial charge in [-0.05, 0) is 25.7 Å². The zero-order chi connectivity index (χ0) is 13.2. The summed E-state index contributed by atoms with van der Waals surface area (Å²) >= 11 is 6.05. The van der Waals surface area contributed by atoms with E-state index in [1.165, 1.54) is 6.42 Å². The van der Waals surface area contributed by atoms with Crippen molar-refractivity contribution in [2.24, 2.45) is 0 Å². The number of halogens is 1. The molecule has 3 rings (SSSR count). The molecule has 2 aliphatic carbocycles. The van der Waals surface area contributed by atoms with Gasteiger partial charge >= 0.3 is 0 Å². The molecular formula is C14H20ClN3O. The van der Waals surface area contributed by atoms with Crippen LogP contribution in [0.2, 0.25) is 5.15 Å². The van der Waals surface area contributed by atoms with E-state index in [9.17, 15) is 5.11 Å². The summed E-state index contributed by atoms with van der Waals surface area (Å²) in [6, 6.07) is 1.84. The Balaban J connectivity index is 1.74. The molecule has 5 heteroatoms. The highest BCUT2D eigenvalue weighted by Crippen LogP contribution is 2.38. The van der Waals surface area contributed by atoms with Crippen molar-refractivity contribution < 1.29 is 5.11 Å². The van der Waals surface area contributed by atoms with Gasteiger partial charge in [0.25, 0.3) is 0 Å². The Hall–Kier alpha value is -0.870. The van der Waals surface area contributed by atoms with Gasteiger partial charge in [0.05, 0.1) is 12.1 Å². The van der Waals surface area contributed by atoms with Crippen LogP contribution in [0.4, 0.5) is 5.82 Å². The van der Waals surface area contributed by atoms with Crippen LogP contribution in [-0.2, 0) is 0 Å². The molecule has 19 heavy (non-hydrogen) atoms. The molecule has 104 valence electrons. The first-order chi connectivity index (χ1) is 9.22. The molecule has 2 saturated carbocycles. The second kappa shape index (κ2) is 5.63. The maximum Gasteiger partial charge on any atom is 0.135 e. The number of hydrogen-bond acceptors (Lipinski definition) is 4. The van der Waals surface area contributed by atoms with Crippen LogP contribution in [0.15, 0.2) is 6.07 Å². The Bertz CT molecular complexity index is 450. The number of anilines is 1. The molecule has 0 aromatic carbocycles. The average Bonchev–Trinajstić information content (AvgIpc) is 3.19. The van der Waals surface area contributed by atoms with Crippen molar-refractivity contribution in [1.29, 1.82) is 0 Å². The van der Waals surface area contributed by atoms with Crippen LogP contribution in [0.3, 0.4) is 0 Å². The SMILES string of the molecule is OC1CCCCCC1Nc1cc(Cl)nc(C2CC2)n1. The fourth-order valence-corrected chi connectivity index (χ4v) is 2.87. The molecule has 1 aromatic rings. The highest BCUT2D eigenvalue weighted by atomic mass is 35.5. The first-order valence-corrected chi connectivity index (χ1v) is 7.59. The van der Waals surface area contributed by atoms with E-state index in [1.807, 2.05) is 0 Å². The minimum absolute atomic E-state index is 0.0838. The van der Waals surface area contributed by atoms with E-state index in [-0.39, 0.29) is 12.1 Å². The van der Waals surface area contributed by atoms with Gasteiger partial charge in [-0.1, -0.05) is 30.9 Å². The molecule has 4 nitrogen and oxygen atoms in total. The van der Waals surface area contributed by atoms with Crippen molar-refractivity contribution in [2.45, 2.75) is 63.0 Å². The Morgan fingerprint density at radius 2 is 1.89 bits per heavy atom. The van der Waals surface area contributed by atoms with Crippen molar-refractivity contribution in [3.05, 3.63) is 17.0 Å². The van der Waals surface area contributed by atoms with Crippen molar-refractivity contribution >= 4 is 17.4 Å². The molecule has 0 aliphatic heterocycles. The number of rotatable bonds is 3.